The van der Waals surface area contributed by atoms with Crippen molar-refractivity contribution in [3.63, 3.8) is 0 Å². The first-order valence-corrected chi connectivity index (χ1v) is 7.91. The van der Waals surface area contributed by atoms with Crippen LogP contribution in [0.25, 0.3) is 6.08 Å². The monoisotopic (exact) mass is 396 g/mol. The average molecular weight is 398 g/mol. The number of carbonyl (C=O) groups is 1. The summed E-state index contributed by atoms with van der Waals surface area (Å²) in [7, 11) is 0. The topological polar surface area (TPSA) is 81.8 Å². The van der Waals surface area contributed by atoms with Crippen LogP contribution >= 0.6 is 34.8 Å². The second-order valence-corrected chi connectivity index (χ2v) is 6.09. The van der Waals surface area contributed by atoms with Gasteiger partial charge in [0.15, 0.2) is 5.70 Å². The molecule has 0 fully saturated rings. The van der Waals surface area contributed by atoms with E-state index in [0.717, 1.165) is 0 Å². The van der Waals surface area contributed by atoms with Gasteiger partial charge in [-0.25, -0.2) is 9.79 Å². The Morgan fingerprint density at radius 3 is 2.60 bits per heavy atom. The van der Waals surface area contributed by atoms with Gasteiger partial charge < -0.3 is 4.74 Å². The maximum atomic E-state index is 12.0. The van der Waals surface area contributed by atoms with E-state index in [1.165, 1.54) is 24.3 Å². The number of hydrogen-bond donors (Lipinski definition) is 0. The molecule has 9 heteroatoms. The third-order valence-electron chi connectivity index (χ3n) is 3.29. The number of non-ortho nitro benzene ring substituents is 1. The molecule has 0 saturated carbocycles. The first-order valence-electron chi connectivity index (χ1n) is 6.77. The van der Waals surface area contributed by atoms with Crippen molar-refractivity contribution in [2.75, 3.05) is 0 Å². The number of nitrogens with zero attached hydrogens (tertiary/aromatic N) is 2. The number of halogens is 3. The molecule has 0 aromatic heterocycles. The van der Waals surface area contributed by atoms with E-state index in [1.54, 1.807) is 18.2 Å². The van der Waals surface area contributed by atoms with Gasteiger partial charge in [0.05, 0.1) is 25.6 Å². The number of hydrogen-bond acceptors (Lipinski definition) is 5. The Bertz CT molecular complexity index is 970. The molecule has 2 aromatic rings. The molecular weight excluding hydrogens is 391 g/mol. The van der Waals surface area contributed by atoms with Gasteiger partial charge >= 0.3 is 5.97 Å². The molecule has 0 spiro atoms. The smallest absolute Gasteiger partial charge is 0.363 e. The van der Waals surface area contributed by atoms with Gasteiger partial charge in [-0.2, -0.15) is 0 Å². The minimum absolute atomic E-state index is 0.0262. The molecule has 1 heterocycles. The highest BCUT2D eigenvalue weighted by molar-refractivity contribution is 6.43. The fourth-order valence-corrected chi connectivity index (χ4v) is 2.66. The molecule has 0 saturated heterocycles. The largest absolute Gasteiger partial charge is 0.402 e. The third kappa shape index (κ3) is 3.51. The summed E-state index contributed by atoms with van der Waals surface area (Å²) in [6, 6.07) is 8.69. The van der Waals surface area contributed by atoms with Gasteiger partial charge in [-0.3, -0.25) is 10.1 Å². The van der Waals surface area contributed by atoms with Crippen LogP contribution in [0.1, 0.15) is 11.1 Å². The number of aliphatic imine (C=N–C) groups is 1. The van der Waals surface area contributed by atoms with E-state index in [1.807, 2.05) is 0 Å². The van der Waals surface area contributed by atoms with Gasteiger partial charge in [-0.1, -0.05) is 46.9 Å². The molecule has 0 atom stereocenters. The lowest BCUT2D eigenvalue weighted by Gasteiger charge is -2.02. The highest BCUT2D eigenvalue weighted by Gasteiger charge is 2.27. The van der Waals surface area contributed by atoms with Gasteiger partial charge in [0.25, 0.3) is 5.69 Å². The van der Waals surface area contributed by atoms with Crippen molar-refractivity contribution in [2.45, 2.75) is 0 Å². The van der Waals surface area contributed by atoms with Crippen molar-refractivity contribution >= 4 is 58.4 Å². The van der Waals surface area contributed by atoms with Crippen LogP contribution in [0.3, 0.4) is 0 Å². The second-order valence-electron chi connectivity index (χ2n) is 4.90. The predicted molar refractivity (Wildman–Crippen MR) is 95.2 cm³/mol. The highest BCUT2D eigenvalue weighted by Crippen LogP contribution is 2.30. The van der Waals surface area contributed by atoms with Crippen LogP contribution in [0.5, 0.6) is 0 Å². The normalized spacial score (nSPS) is 15.2. The summed E-state index contributed by atoms with van der Waals surface area (Å²) in [6.45, 7) is 0. The molecule has 25 heavy (non-hydrogen) atoms. The number of rotatable bonds is 3. The van der Waals surface area contributed by atoms with Gasteiger partial charge in [-0.05, 0) is 23.8 Å². The molecule has 2 aromatic carbocycles. The number of esters is 1. The molecule has 0 amide bonds. The Hall–Kier alpha value is -2.41. The Morgan fingerprint density at radius 1 is 1.12 bits per heavy atom. The Balaban J connectivity index is 2.04. The van der Waals surface area contributed by atoms with E-state index in [0.29, 0.717) is 10.6 Å². The van der Waals surface area contributed by atoms with Crippen LogP contribution in [0, 0.1) is 10.1 Å². The molecule has 0 unspecified atom stereocenters. The molecule has 0 bridgehead atoms. The van der Waals surface area contributed by atoms with Crippen molar-refractivity contribution in [3.05, 3.63) is 78.4 Å². The molecule has 0 aliphatic carbocycles. The fourth-order valence-electron chi connectivity index (χ4n) is 2.09. The maximum absolute atomic E-state index is 12.0. The fraction of sp³-hybridized carbons (Fsp3) is 0. The Labute approximate surface area is 156 Å². The maximum Gasteiger partial charge on any atom is 0.363 e. The van der Waals surface area contributed by atoms with E-state index in [-0.39, 0.29) is 32.9 Å². The quantitative estimate of drug-likeness (QED) is 0.319. The molecular formula is C16H7Cl3N2O4. The zero-order chi connectivity index (χ0) is 18.1. The summed E-state index contributed by atoms with van der Waals surface area (Å²) in [4.78, 5) is 26.4. The van der Waals surface area contributed by atoms with Crippen LogP contribution in [0.2, 0.25) is 15.1 Å². The molecule has 1 aliphatic heterocycles. The second kappa shape index (κ2) is 6.84. The summed E-state index contributed by atoms with van der Waals surface area (Å²) in [5, 5.41) is 11.7. The van der Waals surface area contributed by atoms with E-state index >= 15 is 0 Å². The summed E-state index contributed by atoms with van der Waals surface area (Å²) in [6.07, 6.45) is 1.41. The van der Waals surface area contributed by atoms with Crippen molar-refractivity contribution in [3.8, 4) is 0 Å². The SMILES string of the molecule is O=C1OC(c2cc([N+](=O)[O-])ccc2Cl)=NC1=Cc1cccc(Cl)c1Cl. The molecule has 0 N–H and O–H groups in total. The van der Waals surface area contributed by atoms with E-state index in [4.69, 9.17) is 39.5 Å². The lowest BCUT2D eigenvalue weighted by molar-refractivity contribution is -0.384. The zero-order valence-electron chi connectivity index (χ0n) is 12.2. The standard InChI is InChI=1S/C16H7Cl3N2O4/c17-11-5-4-9(21(23)24)7-10(11)15-20-13(16(22)25-15)6-8-2-1-3-12(18)14(8)19/h1-7H. The highest BCUT2D eigenvalue weighted by atomic mass is 35.5. The zero-order valence-corrected chi connectivity index (χ0v) is 14.5. The molecule has 1 aliphatic rings. The minimum Gasteiger partial charge on any atom is -0.402 e. The van der Waals surface area contributed by atoms with E-state index in [2.05, 4.69) is 4.99 Å². The number of nitro benzene ring substituents is 1. The van der Waals surface area contributed by atoms with E-state index in [9.17, 15) is 14.9 Å². The van der Waals surface area contributed by atoms with Crippen molar-refractivity contribution < 1.29 is 14.5 Å². The van der Waals surface area contributed by atoms with Gasteiger partial charge in [0.1, 0.15) is 0 Å². The van der Waals surface area contributed by atoms with E-state index < -0.39 is 10.9 Å². The summed E-state index contributed by atoms with van der Waals surface area (Å²) in [5.41, 5.74) is 0.399. The Kier molecular flexibility index (Phi) is 4.76. The Morgan fingerprint density at radius 2 is 1.88 bits per heavy atom. The van der Waals surface area contributed by atoms with Crippen molar-refractivity contribution in [2.24, 2.45) is 4.99 Å². The van der Waals surface area contributed by atoms with Gasteiger partial charge in [0, 0.05) is 12.1 Å². The van der Waals surface area contributed by atoms with Crippen molar-refractivity contribution in [1.29, 1.82) is 0 Å². The molecule has 0 radical (unpaired) electrons. The number of cyclic esters (lactones) is 1. The third-order valence-corrected chi connectivity index (χ3v) is 4.45. The number of ether oxygens (including phenoxy) is 1. The summed E-state index contributed by atoms with van der Waals surface area (Å²) in [5.74, 6) is -0.850. The first kappa shape index (κ1) is 17.4. The molecule has 3 rings (SSSR count). The van der Waals surface area contributed by atoms with Crippen molar-refractivity contribution in [1.82, 2.24) is 0 Å². The average Bonchev–Trinajstić information content (AvgIpc) is 2.92. The van der Waals surface area contributed by atoms with Gasteiger partial charge in [0.2, 0.25) is 5.90 Å². The number of nitro groups is 1. The first-order chi connectivity index (χ1) is 11.9. The van der Waals surface area contributed by atoms with Gasteiger partial charge in [-0.15, -0.1) is 0 Å². The predicted octanol–water partition coefficient (Wildman–Crippen LogP) is 4.90. The number of carbonyl (C=O) groups excluding carboxylic acids is 1. The van der Waals surface area contributed by atoms with Crippen LogP contribution < -0.4 is 0 Å². The van der Waals surface area contributed by atoms with Crippen LogP contribution in [-0.4, -0.2) is 16.8 Å². The number of benzene rings is 2. The lowest BCUT2D eigenvalue weighted by Crippen LogP contribution is -2.06. The van der Waals surface area contributed by atoms with Crippen LogP contribution in [0.15, 0.2) is 47.1 Å². The summed E-state index contributed by atoms with van der Waals surface area (Å²) >= 11 is 18.0. The van der Waals surface area contributed by atoms with Crippen LogP contribution in [-0.2, 0) is 9.53 Å². The molecule has 6 nitrogen and oxygen atoms in total. The minimum atomic E-state index is -0.728. The van der Waals surface area contributed by atoms with Crippen LogP contribution in [0.4, 0.5) is 5.69 Å². The summed E-state index contributed by atoms with van der Waals surface area (Å²) < 4.78 is 5.08. The molecule has 126 valence electrons. The lowest BCUT2D eigenvalue weighted by atomic mass is 10.2.